The lowest BCUT2D eigenvalue weighted by Crippen LogP contribution is -2.16. The van der Waals surface area contributed by atoms with Gasteiger partial charge in [-0.2, -0.15) is 0 Å². The van der Waals surface area contributed by atoms with Gasteiger partial charge in [-0.05, 0) is 62.4 Å². The highest BCUT2D eigenvalue weighted by atomic mass is 14.9. The number of pyridine rings is 2. The van der Waals surface area contributed by atoms with Crippen molar-refractivity contribution in [3.8, 4) is 67.4 Å². The van der Waals surface area contributed by atoms with Crippen molar-refractivity contribution in [1.29, 1.82) is 0 Å². The minimum atomic E-state index is -0.225. The molecule has 0 amide bonds. The minimum absolute atomic E-state index is 0.225. The van der Waals surface area contributed by atoms with Gasteiger partial charge in [-0.1, -0.05) is 153 Å². The molecule has 6 aromatic carbocycles. The van der Waals surface area contributed by atoms with E-state index in [0.29, 0.717) is 5.82 Å². The molecule has 4 heteroatoms. The second-order valence-electron chi connectivity index (χ2n) is 14.3. The van der Waals surface area contributed by atoms with Crippen molar-refractivity contribution < 1.29 is 0 Å². The van der Waals surface area contributed by atoms with Crippen LogP contribution in [0.4, 0.5) is 0 Å². The molecule has 4 nitrogen and oxygen atoms in total. The zero-order valence-electron chi connectivity index (χ0n) is 29.5. The molecule has 9 aromatic rings. The molecule has 0 saturated heterocycles. The van der Waals surface area contributed by atoms with E-state index in [4.69, 9.17) is 15.0 Å². The molecule has 0 atom stereocenters. The van der Waals surface area contributed by atoms with E-state index in [1.165, 1.54) is 38.4 Å². The van der Waals surface area contributed by atoms with Gasteiger partial charge >= 0.3 is 0 Å². The molecule has 0 bridgehead atoms. The Morgan fingerprint density at radius 3 is 1.87 bits per heavy atom. The summed E-state index contributed by atoms with van der Waals surface area (Å²) in [6.45, 7) is 4.68. The van der Waals surface area contributed by atoms with E-state index in [0.717, 1.165) is 56.0 Å². The van der Waals surface area contributed by atoms with Gasteiger partial charge in [0, 0.05) is 45.4 Å². The number of hydrogen-bond acceptors (Lipinski definition) is 4. The molecule has 10 rings (SSSR count). The van der Waals surface area contributed by atoms with E-state index >= 15 is 0 Å². The van der Waals surface area contributed by atoms with Crippen LogP contribution in [0.2, 0.25) is 0 Å². The fourth-order valence-electron chi connectivity index (χ4n) is 8.13. The lowest BCUT2D eigenvalue weighted by atomic mass is 9.78. The number of hydrogen-bond donors (Lipinski definition) is 0. The van der Waals surface area contributed by atoms with Crippen LogP contribution in [-0.4, -0.2) is 19.9 Å². The Morgan fingerprint density at radius 1 is 0.491 bits per heavy atom. The molecule has 1 aliphatic carbocycles. The first-order valence-electron chi connectivity index (χ1n) is 18.0. The predicted molar refractivity (Wildman–Crippen MR) is 217 cm³/mol. The first-order valence-corrected chi connectivity index (χ1v) is 18.0. The monoisotopic (exact) mass is 678 g/mol. The molecule has 0 fully saturated rings. The van der Waals surface area contributed by atoms with Crippen LogP contribution in [0.3, 0.4) is 0 Å². The molecule has 3 heterocycles. The molecular formula is C49H34N4. The van der Waals surface area contributed by atoms with Crippen LogP contribution in [-0.2, 0) is 5.41 Å². The summed E-state index contributed by atoms with van der Waals surface area (Å²) in [4.78, 5) is 19.9. The largest absolute Gasteiger partial charge is 0.264 e. The fourth-order valence-corrected chi connectivity index (χ4v) is 8.13. The second-order valence-corrected chi connectivity index (χ2v) is 14.3. The van der Waals surface area contributed by atoms with Gasteiger partial charge in [0.2, 0.25) is 0 Å². The Morgan fingerprint density at radius 2 is 1.13 bits per heavy atom. The lowest BCUT2D eigenvalue weighted by molar-refractivity contribution is 0.662. The standard InChI is InChI=1S/C49H34N4/c1-49(2)40-17-9-8-16-39(40)47-46(49)44(45-38-15-7-6-11-32(38)26-27-41(45)51-47)35-24-22-34(23-25-35)43-29-42(52-48(53-43)36-12-4-3-5-13-36)33-20-18-31(19-21-33)37-14-10-28-50-30-37/h3-30H,1-2H3. The minimum Gasteiger partial charge on any atom is -0.264 e. The normalized spacial score (nSPS) is 12.9. The zero-order chi connectivity index (χ0) is 35.5. The molecule has 0 N–H and O–H groups in total. The van der Waals surface area contributed by atoms with Gasteiger partial charge in [0.15, 0.2) is 5.82 Å². The van der Waals surface area contributed by atoms with Crippen molar-refractivity contribution in [2.24, 2.45) is 0 Å². The van der Waals surface area contributed by atoms with Crippen LogP contribution < -0.4 is 0 Å². The van der Waals surface area contributed by atoms with Gasteiger partial charge in [0.1, 0.15) is 0 Å². The van der Waals surface area contributed by atoms with Crippen LogP contribution in [0.1, 0.15) is 25.0 Å². The molecule has 3 aromatic heterocycles. The predicted octanol–water partition coefficient (Wildman–Crippen LogP) is 12.2. The van der Waals surface area contributed by atoms with Gasteiger partial charge in [-0.25, -0.2) is 15.0 Å². The number of nitrogens with zero attached hydrogens (tertiary/aromatic N) is 4. The maximum Gasteiger partial charge on any atom is 0.160 e. The summed E-state index contributed by atoms with van der Waals surface area (Å²) in [6.07, 6.45) is 3.69. The van der Waals surface area contributed by atoms with Crippen molar-refractivity contribution in [3.63, 3.8) is 0 Å². The van der Waals surface area contributed by atoms with Crippen molar-refractivity contribution in [2.75, 3.05) is 0 Å². The average molecular weight is 679 g/mol. The van der Waals surface area contributed by atoms with Gasteiger partial charge < -0.3 is 0 Å². The zero-order valence-corrected chi connectivity index (χ0v) is 29.5. The van der Waals surface area contributed by atoms with Crippen molar-refractivity contribution in [3.05, 3.63) is 181 Å². The molecule has 0 unspecified atom stereocenters. The topological polar surface area (TPSA) is 51.6 Å². The summed E-state index contributed by atoms with van der Waals surface area (Å²) in [5, 5.41) is 3.62. The molecule has 53 heavy (non-hydrogen) atoms. The van der Waals surface area contributed by atoms with Crippen LogP contribution in [0, 0.1) is 0 Å². The second kappa shape index (κ2) is 12.2. The summed E-state index contributed by atoms with van der Waals surface area (Å²) in [5.74, 6) is 0.697. The highest BCUT2D eigenvalue weighted by Gasteiger charge is 2.39. The fraction of sp³-hybridized carbons (Fsp3) is 0.0612. The lowest BCUT2D eigenvalue weighted by Gasteiger charge is -2.25. The third-order valence-electron chi connectivity index (χ3n) is 10.8. The quantitative estimate of drug-likeness (QED) is 0.170. The Kier molecular flexibility index (Phi) is 7.12. The first kappa shape index (κ1) is 31.0. The van der Waals surface area contributed by atoms with Crippen molar-refractivity contribution in [1.82, 2.24) is 19.9 Å². The third kappa shape index (κ3) is 5.14. The van der Waals surface area contributed by atoms with Crippen LogP contribution in [0.15, 0.2) is 170 Å². The molecular weight excluding hydrogens is 645 g/mol. The van der Waals surface area contributed by atoms with Crippen molar-refractivity contribution in [2.45, 2.75) is 19.3 Å². The van der Waals surface area contributed by atoms with Crippen LogP contribution >= 0.6 is 0 Å². The van der Waals surface area contributed by atoms with Crippen LogP contribution in [0.5, 0.6) is 0 Å². The number of aromatic nitrogens is 4. The molecule has 0 saturated carbocycles. The van der Waals surface area contributed by atoms with E-state index in [-0.39, 0.29) is 5.41 Å². The number of rotatable bonds is 5. The van der Waals surface area contributed by atoms with Gasteiger partial charge in [0.25, 0.3) is 0 Å². The molecule has 250 valence electrons. The summed E-state index contributed by atoms with van der Waals surface area (Å²) < 4.78 is 0. The van der Waals surface area contributed by atoms with Crippen LogP contribution in [0.25, 0.3) is 89.1 Å². The highest BCUT2D eigenvalue weighted by Crippen LogP contribution is 2.54. The van der Waals surface area contributed by atoms with E-state index in [1.54, 1.807) is 6.20 Å². The molecule has 0 aliphatic heterocycles. The van der Waals surface area contributed by atoms with Gasteiger partial charge in [-0.15, -0.1) is 0 Å². The maximum absolute atomic E-state index is 5.37. The third-order valence-corrected chi connectivity index (χ3v) is 10.8. The van der Waals surface area contributed by atoms with Gasteiger partial charge in [0.05, 0.1) is 22.6 Å². The highest BCUT2D eigenvalue weighted by molar-refractivity contribution is 6.15. The number of fused-ring (bicyclic) bond motifs is 6. The molecule has 0 radical (unpaired) electrons. The van der Waals surface area contributed by atoms with Crippen molar-refractivity contribution >= 4 is 21.7 Å². The molecule has 1 aliphatic rings. The van der Waals surface area contributed by atoms with E-state index in [1.807, 2.05) is 30.5 Å². The number of benzene rings is 6. The summed E-state index contributed by atoms with van der Waals surface area (Å²) in [5.41, 5.74) is 15.1. The average Bonchev–Trinajstić information content (AvgIpc) is 3.46. The van der Waals surface area contributed by atoms with E-state index in [9.17, 15) is 0 Å². The summed E-state index contributed by atoms with van der Waals surface area (Å²) in [6, 6.07) is 55.6. The first-order chi connectivity index (χ1) is 26.0. The Balaban J connectivity index is 1.14. The van der Waals surface area contributed by atoms with E-state index in [2.05, 4.69) is 152 Å². The smallest absolute Gasteiger partial charge is 0.160 e. The SMILES string of the molecule is CC1(C)c2ccccc2-c2nc3ccc4ccccc4c3c(-c3ccc(-c4cc(-c5ccc(-c6cccnc6)cc5)nc(-c5ccccc5)n4)cc3)c21. The summed E-state index contributed by atoms with van der Waals surface area (Å²) >= 11 is 0. The maximum atomic E-state index is 5.37. The Bertz CT molecular complexity index is 2830. The van der Waals surface area contributed by atoms with Gasteiger partial charge in [-0.3, -0.25) is 4.98 Å². The Labute approximate surface area is 308 Å². The summed E-state index contributed by atoms with van der Waals surface area (Å²) in [7, 11) is 0. The van der Waals surface area contributed by atoms with E-state index < -0.39 is 0 Å². The Hall–Kier alpha value is -6.78. The molecule has 0 spiro atoms.